The van der Waals surface area contributed by atoms with E-state index < -0.39 is 0 Å². The number of benzene rings is 2. The van der Waals surface area contributed by atoms with Gasteiger partial charge in [-0.25, -0.2) is 0 Å². The van der Waals surface area contributed by atoms with Crippen molar-refractivity contribution < 1.29 is 9.53 Å². The van der Waals surface area contributed by atoms with Gasteiger partial charge in [-0.05, 0) is 61.1 Å². The van der Waals surface area contributed by atoms with E-state index in [1.165, 1.54) is 30.4 Å². The Bertz CT molecular complexity index is 692. The highest BCUT2D eigenvalue weighted by atomic mass is 79.9. The Morgan fingerprint density at radius 2 is 1.95 bits per heavy atom. The summed E-state index contributed by atoms with van der Waals surface area (Å²) in [5, 5.41) is 0. The monoisotopic (exact) mass is 344 g/mol. The van der Waals surface area contributed by atoms with Crippen LogP contribution in [-0.4, -0.2) is 5.78 Å². The number of carbonyl (C=O) groups is 1. The second kappa shape index (κ2) is 6.02. The van der Waals surface area contributed by atoms with Crippen LogP contribution in [0.2, 0.25) is 0 Å². The smallest absolute Gasteiger partial charge is 0.163 e. The van der Waals surface area contributed by atoms with Gasteiger partial charge < -0.3 is 4.74 Å². The molecule has 21 heavy (non-hydrogen) atoms. The van der Waals surface area contributed by atoms with Crippen molar-refractivity contribution in [2.45, 2.75) is 32.8 Å². The third-order valence-corrected chi connectivity index (χ3v) is 4.37. The van der Waals surface area contributed by atoms with E-state index in [4.69, 9.17) is 4.74 Å². The van der Waals surface area contributed by atoms with E-state index >= 15 is 0 Å². The molecule has 0 fully saturated rings. The number of ether oxygens (including phenoxy) is 1. The molecule has 0 heterocycles. The van der Waals surface area contributed by atoms with E-state index in [9.17, 15) is 4.79 Å². The van der Waals surface area contributed by atoms with Crippen LogP contribution in [0, 0.1) is 0 Å². The SMILES string of the molecule is CC(=O)c1cc(Br)ccc1OCc1ccc2c(c1)CCC2. The van der Waals surface area contributed by atoms with Crippen LogP contribution < -0.4 is 4.74 Å². The zero-order chi connectivity index (χ0) is 14.8. The Balaban J connectivity index is 1.77. The van der Waals surface area contributed by atoms with E-state index in [1.807, 2.05) is 12.1 Å². The topological polar surface area (TPSA) is 26.3 Å². The van der Waals surface area contributed by atoms with Gasteiger partial charge in [0.05, 0.1) is 5.56 Å². The molecule has 0 atom stereocenters. The molecule has 2 nitrogen and oxygen atoms in total. The summed E-state index contributed by atoms with van der Waals surface area (Å²) in [6.07, 6.45) is 3.61. The first-order valence-electron chi connectivity index (χ1n) is 7.17. The summed E-state index contributed by atoms with van der Waals surface area (Å²) in [4.78, 5) is 11.7. The second-order valence-corrected chi connectivity index (χ2v) is 6.36. The molecular formula is C18H17BrO2. The van der Waals surface area contributed by atoms with E-state index in [-0.39, 0.29) is 5.78 Å². The summed E-state index contributed by atoms with van der Waals surface area (Å²) >= 11 is 3.39. The number of fused-ring (bicyclic) bond motifs is 1. The first-order valence-corrected chi connectivity index (χ1v) is 7.97. The predicted octanol–water partition coefficient (Wildman–Crippen LogP) is 4.72. The van der Waals surface area contributed by atoms with Gasteiger partial charge in [0.25, 0.3) is 0 Å². The maximum absolute atomic E-state index is 11.7. The van der Waals surface area contributed by atoms with E-state index in [0.29, 0.717) is 17.9 Å². The van der Waals surface area contributed by atoms with Crippen LogP contribution in [0.3, 0.4) is 0 Å². The van der Waals surface area contributed by atoms with Crippen LogP contribution in [0.25, 0.3) is 0 Å². The molecule has 0 unspecified atom stereocenters. The van der Waals surface area contributed by atoms with Gasteiger partial charge in [-0.15, -0.1) is 0 Å². The molecule has 2 aromatic carbocycles. The fourth-order valence-electron chi connectivity index (χ4n) is 2.78. The average Bonchev–Trinajstić information content (AvgIpc) is 2.93. The molecule has 0 aromatic heterocycles. The maximum Gasteiger partial charge on any atom is 0.163 e. The second-order valence-electron chi connectivity index (χ2n) is 5.44. The average molecular weight is 345 g/mol. The van der Waals surface area contributed by atoms with Crippen molar-refractivity contribution in [1.29, 1.82) is 0 Å². The van der Waals surface area contributed by atoms with Crippen molar-refractivity contribution in [1.82, 2.24) is 0 Å². The Hall–Kier alpha value is -1.61. The minimum absolute atomic E-state index is 0.0141. The first kappa shape index (κ1) is 14.3. The van der Waals surface area contributed by atoms with Crippen molar-refractivity contribution in [2.75, 3.05) is 0 Å². The predicted molar refractivity (Wildman–Crippen MR) is 86.9 cm³/mol. The Kier molecular flexibility index (Phi) is 4.11. The number of halogens is 1. The molecule has 0 saturated carbocycles. The van der Waals surface area contributed by atoms with Gasteiger partial charge in [0.1, 0.15) is 12.4 Å². The molecule has 0 spiro atoms. The summed E-state index contributed by atoms with van der Waals surface area (Å²) in [5.41, 5.74) is 4.68. The molecule has 0 aliphatic heterocycles. The van der Waals surface area contributed by atoms with Crippen molar-refractivity contribution in [3.05, 3.63) is 63.1 Å². The van der Waals surface area contributed by atoms with E-state index in [2.05, 4.69) is 34.1 Å². The molecule has 3 rings (SSSR count). The van der Waals surface area contributed by atoms with Crippen LogP contribution >= 0.6 is 15.9 Å². The third kappa shape index (κ3) is 3.18. The van der Waals surface area contributed by atoms with Crippen LogP contribution in [0.1, 0.15) is 40.4 Å². The fraction of sp³-hybridized carbons (Fsp3) is 0.278. The summed E-state index contributed by atoms with van der Waals surface area (Å²) in [6, 6.07) is 12.1. The molecule has 1 aliphatic rings. The minimum Gasteiger partial charge on any atom is -0.488 e. The van der Waals surface area contributed by atoms with Gasteiger partial charge in [0.2, 0.25) is 0 Å². The number of Topliss-reactive ketones (excluding diaryl/α,β-unsaturated/α-hetero) is 1. The highest BCUT2D eigenvalue weighted by Gasteiger charge is 2.12. The zero-order valence-electron chi connectivity index (χ0n) is 12.0. The highest BCUT2D eigenvalue weighted by molar-refractivity contribution is 9.10. The molecule has 1 aliphatic carbocycles. The molecule has 0 N–H and O–H groups in total. The van der Waals surface area contributed by atoms with Gasteiger partial charge >= 0.3 is 0 Å². The number of hydrogen-bond donors (Lipinski definition) is 0. The lowest BCUT2D eigenvalue weighted by Crippen LogP contribution is -2.02. The van der Waals surface area contributed by atoms with Gasteiger partial charge in [-0.3, -0.25) is 4.79 Å². The first-order chi connectivity index (χ1) is 10.1. The Morgan fingerprint density at radius 3 is 2.76 bits per heavy atom. The van der Waals surface area contributed by atoms with Crippen LogP contribution in [0.5, 0.6) is 5.75 Å². The number of hydrogen-bond acceptors (Lipinski definition) is 2. The normalized spacial score (nSPS) is 13.0. The minimum atomic E-state index is 0.0141. The molecule has 0 saturated heterocycles. The molecule has 0 bridgehead atoms. The van der Waals surface area contributed by atoms with Gasteiger partial charge in [0.15, 0.2) is 5.78 Å². The quantitative estimate of drug-likeness (QED) is 0.750. The van der Waals surface area contributed by atoms with Gasteiger partial charge in [-0.2, -0.15) is 0 Å². The third-order valence-electron chi connectivity index (χ3n) is 3.88. The van der Waals surface area contributed by atoms with Crippen molar-refractivity contribution >= 4 is 21.7 Å². The Morgan fingerprint density at radius 1 is 1.14 bits per heavy atom. The number of carbonyl (C=O) groups excluding carboxylic acids is 1. The highest BCUT2D eigenvalue weighted by Crippen LogP contribution is 2.26. The van der Waals surface area contributed by atoms with Crippen molar-refractivity contribution in [2.24, 2.45) is 0 Å². The lowest BCUT2D eigenvalue weighted by molar-refractivity contribution is 0.101. The Labute approximate surface area is 133 Å². The van der Waals surface area contributed by atoms with Crippen LogP contribution in [-0.2, 0) is 19.4 Å². The largest absolute Gasteiger partial charge is 0.488 e. The number of rotatable bonds is 4. The van der Waals surface area contributed by atoms with Crippen molar-refractivity contribution in [3.8, 4) is 5.75 Å². The molecule has 0 amide bonds. The standard InChI is InChI=1S/C18H17BrO2/c1-12(20)17-10-16(19)7-8-18(17)21-11-13-5-6-14-3-2-4-15(14)9-13/h5-10H,2-4,11H2,1H3. The van der Waals surface area contributed by atoms with Gasteiger partial charge in [0, 0.05) is 4.47 Å². The summed E-state index contributed by atoms with van der Waals surface area (Å²) in [7, 11) is 0. The number of aryl methyl sites for hydroxylation is 2. The molecule has 2 aromatic rings. The maximum atomic E-state index is 11.7. The van der Waals surface area contributed by atoms with Crippen LogP contribution in [0.4, 0.5) is 0 Å². The molecule has 3 heteroatoms. The van der Waals surface area contributed by atoms with Crippen LogP contribution in [0.15, 0.2) is 40.9 Å². The molecule has 0 radical (unpaired) electrons. The fourth-order valence-corrected chi connectivity index (χ4v) is 3.14. The summed E-state index contributed by atoms with van der Waals surface area (Å²) < 4.78 is 6.74. The van der Waals surface area contributed by atoms with Gasteiger partial charge in [-0.1, -0.05) is 34.1 Å². The lowest BCUT2D eigenvalue weighted by atomic mass is 10.1. The molecular weight excluding hydrogens is 328 g/mol. The number of ketones is 1. The zero-order valence-corrected chi connectivity index (χ0v) is 13.6. The summed E-state index contributed by atoms with van der Waals surface area (Å²) in [5.74, 6) is 0.659. The van der Waals surface area contributed by atoms with E-state index in [0.717, 1.165) is 10.0 Å². The molecule has 108 valence electrons. The van der Waals surface area contributed by atoms with Crippen molar-refractivity contribution in [3.63, 3.8) is 0 Å². The summed E-state index contributed by atoms with van der Waals surface area (Å²) in [6.45, 7) is 2.05. The lowest BCUT2D eigenvalue weighted by Gasteiger charge is -2.11. The van der Waals surface area contributed by atoms with E-state index in [1.54, 1.807) is 13.0 Å².